The van der Waals surface area contributed by atoms with Crippen molar-refractivity contribution in [2.75, 3.05) is 29.8 Å². The molecule has 7 nitrogen and oxygen atoms in total. The summed E-state index contributed by atoms with van der Waals surface area (Å²) in [5.74, 6) is 11.9. The molecule has 0 aromatic carbocycles. The monoisotopic (exact) mass is 183 g/mol. The standard InChI is InChI=1S/C6H13N7/c1-12(8)5-4(7)6(13(2)9)11-3-10-5/h3H,7-9H2,1-2H3. The zero-order valence-electron chi connectivity index (χ0n) is 7.60. The number of rotatable bonds is 2. The first-order valence-corrected chi connectivity index (χ1v) is 3.61. The normalized spacial score (nSPS) is 9.85. The molecule has 0 amide bonds. The molecule has 0 atom stereocenters. The van der Waals surface area contributed by atoms with Crippen LogP contribution in [0.5, 0.6) is 0 Å². The molecule has 6 N–H and O–H groups in total. The molecule has 7 heteroatoms. The number of hydrazine groups is 2. The average Bonchev–Trinajstić information content (AvgIpc) is 2.03. The molecule has 0 aliphatic rings. The molecule has 1 rings (SSSR count). The first kappa shape index (κ1) is 9.49. The highest BCUT2D eigenvalue weighted by molar-refractivity contribution is 5.74. The zero-order valence-corrected chi connectivity index (χ0v) is 7.60. The second-order valence-corrected chi connectivity index (χ2v) is 2.66. The smallest absolute Gasteiger partial charge is 0.171 e. The van der Waals surface area contributed by atoms with E-state index in [1.54, 1.807) is 14.1 Å². The summed E-state index contributed by atoms with van der Waals surface area (Å²) in [6.07, 6.45) is 1.35. The molecular formula is C6H13N7. The first-order chi connectivity index (χ1) is 6.04. The van der Waals surface area contributed by atoms with Gasteiger partial charge in [0.05, 0.1) is 0 Å². The van der Waals surface area contributed by atoms with Crippen molar-refractivity contribution in [1.82, 2.24) is 9.97 Å². The molecule has 0 radical (unpaired) electrons. The third-order valence-electron chi connectivity index (χ3n) is 1.51. The lowest BCUT2D eigenvalue weighted by Gasteiger charge is -2.18. The van der Waals surface area contributed by atoms with Gasteiger partial charge in [0.15, 0.2) is 11.6 Å². The van der Waals surface area contributed by atoms with Gasteiger partial charge in [-0.15, -0.1) is 0 Å². The molecule has 0 spiro atoms. The maximum atomic E-state index is 5.72. The van der Waals surface area contributed by atoms with Gasteiger partial charge in [0, 0.05) is 14.1 Å². The SMILES string of the molecule is CN(N)c1ncnc(N(C)N)c1N. The summed E-state index contributed by atoms with van der Waals surface area (Å²) in [5.41, 5.74) is 6.08. The minimum Gasteiger partial charge on any atom is -0.393 e. The topological polar surface area (TPSA) is 110 Å². The van der Waals surface area contributed by atoms with Gasteiger partial charge in [-0.2, -0.15) is 0 Å². The fraction of sp³-hybridized carbons (Fsp3) is 0.333. The van der Waals surface area contributed by atoms with E-state index in [1.165, 1.54) is 16.3 Å². The van der Waals surface area contributed by atoms with Crippen LogP contribution < -0.4 is 27.4 Å². The Labute approximate surface area is 76.1 Å². The van der Waals surface area contributed by atoms with E-state index in [0.29, 0.717) is 17.3 Å². The maximum absolute atomic E-state index is 5.72. The van der Waals surface area contributed by atoms with Crippen molar-refractivity contribution in [2.45, 2.75) is 0 Å². The summed E-state index contributed by atoms with van der Waals surface area (Å²) in [4.78, 5) is 7.81. The average molecular weight is 183 g/mol. The van der Waals surface area contributed by atoms with Crippen molar-refractivity contribution in [3.8, 4) is 0 Å². The van der Waals surface area contributed by atoms with Gasteiger partial charge < -0.3 is 5.73 Å². The van der Waals surface area contributed by atoms with E-state index in [2.05, 4.69) is 9.97 Å². The summed E-state index contributed by atoms with van der Waals surface area (Å²) in [6, 6.07) is 0. The predicted molar refractivity (Wildman–Crippen MR) is 51.6 cm³/mol. The molecule has 13 heavy (non-hydrogen) atoms. The minimum atomic E-state index is 0.359. The number of anilines is 3. The minimum absolute atomic E-state index is 0.359. The highest BCUT2D eigenvalue weighted by Gasteiger charge is 2.10. The Kier molecular flexibility index (Phi) is 2.49. The zero-order chi connectivity index (χ0) is 10.0. The first-order valence-electron chi connectivity index (χ1n) is 3.61. The molecule has 0 saturated heterocycles. The molecule has 0 bridgehead atoms. The highest BCUT2D eigenvalue weighted by Crippen LogP contribution is 2.24. The van der Waals surface area contributed by atoms with Crippen LogP contribution in [0.4, 0.5) is 17.3 Å². The van der Waals surface area contributed by atoms with Crippen LogP contribution in [-0.4, -0.2) is 24.1 Å². The van der Waals surface area contributed by atoms with Gasteiger partial charge in [0.2, 0.25) is 0 Å². The van der Waals surface area contributed by atoms with Crippen LogP contribution >= 0.6 is 0 Å². The van der Waals surface area contributed by atoms with Crippen molar-refractivity contribution in [2.24, 2.45) is 11.7 Å². The third-order valence-corrected chi connectivity index (χ3v) is 1.51. The van der Waals surface area contributed by atoms with Crippen LogP contribution in [0.1, 0.15) is 0 Å². The number of nitrogens with two attached hydrogens (primary N) is 3. The number of hydrogen-bond donors (Lipinski definition) is 3. The van der Waals surface area contributed by atoms with E-state index >= 15 is 0 Å². The second-order valence-electron chi connectivity index (χ2n) is 2.66. The van der Waals surface area contributed by atoms with Gasteiger partial charge in [0.1, 0.15) is 12.0 Å². The van der Waals surface area contributed by atoms with Gasteiger partial charge in [-0.1, -0.05) is 0 Å². The van der Waals surface area contributed by atoms with Crippen molar-refractivity contribution >= 4 is 17.3 Å². The molecular weight excluding hydrogens is 170 g/mol. The fourth-order valence-corrected chi connectivity index (χ4v) is 0.939. The van der Waals surface area contributed by atoms with Crippen molar-refractivity contribution < 1.29 is 0 Å². The maximum Gasteiger partial charge on any atom is 0.171 e. The van der Waals surface area contributed by atoms with E-state index in [9.17, 15) is 0 Å². The lowest BCUT2D eigenvalue weighted by molar-refractivity contribution is 0.932. The van der Waals surface area contributed by atoms with Gasteiger partial charge in [-0.3, -0.25) is 10.0 Å². The Balaban J connectivity index is 3.18. The fourth-order valence-electron chi connectivity index (χ4n) is 0.939. The molecule has 1 aromatic heterocycles. The largest absolute Gasteiger partial charge is 0.393 e. The van der Waals surface area contributed by atoms with Crippen LogP contribution in [0.3, 0.4) is 0 Å². The molecule has 0 unspecified atom stereocenters. The Bertz CT molecular complexity index is 269. The predicted octanol–water partition coefficient (Wildman–Crippen LogP) is -1.32. The number of nitrogens with zero attached hydrogens (tertiary/aromatic N) is 4. The van der Waals surface area contributed by atoms with E-state index in [1.807, 2.05) is 0 Å². The summed E-state index contributed by atoms with van der Waals surface area (Å²) < 4.78 is 0. The van der Waals surface area contributed by atoms with Crippen molar-refractivity contribution in [3.05, 3.63) is 6.33 Å². The molecule has 0 saturated carbocycles. The van der Waals surface area contributed by atoms with Crippen LogP contribution in [0.25, 0.3) is 0 Å². The van der Waals surface area contributed by atoms with E-state index in [0.717, 1.165) is 0 Å². The van der Waals surface area contributed by atoms with Crippen LogP contribution in [0, 0.1) is 0 Å². The Morgan fingerprint density at radius 1 is 1.08 bits per heavy atom. The molecule has 72 valence electrons. The van der Waals surface area contributed by atoms with Crippen LogP contribution in [0.2, 0.25) is 0 Å². The van der Waals surface area contributed by atoms with E-state index in [-0.39, 0.29) is 0 Å². The lowest BCUT2D eigenvalue weighted by atomic mass is 10.4. The lowest BCUT2D eigenvalue weighted by Crippen LogP contribution is -2.31. The summed E-state index contributed by atoms with van der Waals surface area (Å²) >= 11 is 0. The summed E-state index contributed by atoms with van der Waals surface area (Å²) in [6.45, 7) is 0. The van der Waals surface area contributed by atoms with Gasteiger partial charge in [0.25, 0.3) is 0 Å². The quantitative estimate of drug-likeness (QED) is 0.385. The van der Waals surface area contributed by atoms with Gasteiger partial charge >= 0.3 is 0 Å². The summed E-state index contributed by atoms with van der Waals surface area (Å²) in [5, 5.41) is 2.62. The number of aromatic nitrogens is 2. The van der Waals surface area contributed by atoms with Crippen molar-refractivity contribution in [3.63, 3.8) is 0 Å². The molecule has 0 aliphatic carbocycles. The van der Waals surface area contributed by atoms with Gasteiger partial charge in [-0.25, -0.2) is 21.7 Å². The molecule has 0 aliphatic heterocycles. The second kappa shape index (κ2) is 3.42. The van der Waals surface area contributed by atoms with Gasteiger partial charge in [-0.05, 0) is 0 Å². The summed E-state index contributed by atoms with van der Waals surface area (Å²) in [7, 11) is 3.28. The number of hydrogen-bond acceptors (Lipinski definition) is 7. The molecule has 0 fully saturated rings. The number of nitrogen functional groups attached to an aromatic ring is 1. The molecule has 1 heterocycles. The van der Waals surface area contributed by atoms with E-state index < -0.39 is 0 Å². The Morgan fingerprint density at radius 3 is 1.77 bits per heavy atom. The Hall–Kier alpha value is -1.60. The highest BCUT2D eigenvalue weighted by atomic mass is 15.4. The van der Waals surface area contributed by atoms with Crippen molar-refractivity contribution in [1.29, 1.82) is 0 Å². The Morgan fingerprint density at radius 2 is 1.46 bits per heavy atom. The third kappa shape index (κ3) is 1.76. The van der Waals surface area contributed by atoms with Crippen LogP contribution in [-0.2, 0) is 0 Å². The van der Waals surface area contributed by atoms with E-state index in [4.69, 9.17) is 17.4 Å². The molecule has 1 aromatic rings. The van der Waals surface area contributed by atoms with Crippen LogP contribution in [0.15, 0.2) is 6.33 Å².